The fourth-order valence-corrected chi connectivity index (χ4v) is 2.94. The zero-order valence-corrected chi connectivity index (χ0v) is 15.6. The van der Waals surface area contributed by atoms with Crippen LogP contribution in [0.2, 0.25) is 0 Å². The van der Waals surface area contributed by atoms with Gasteiger partial charge in [0.15, 0.2) is 0 Å². The van der Waals surface area contributed by atoms with E-state index in [1.807, 2.05) is 59.3 Å². The lowest BCUT2D eigenvalue weighted by Gasteiger charge is -2.02. The Morgan fingerprint density at radius 3 is 2.64 bits per heavy atom. The van der Waals surface area contributed by atoms with Crippen molar-refractivity contribution < 1.29 is 14.3 Å². The number of fused-ring (bicyclic) bond motifs is 1. The molecule has 0 atom stereocenters. The quantitative estimate of drug-likeness (QED) is 0.464. The van der Waals surface area contributed by atoms with E-state index in [1.54, 1.807) is 13.3 Å². The molecular formula is C21H22N4O3. The van der Waals surface area contributed by atoms with Gasteiger partial charge in [-0.1, -0.05) is 30.3 Å². The summed E-state index contributed by atoms with van der Waals surface area (Å²) < 4.78 is 7.06. The highest BCUT2D eigenvalue weighted by Crippen LogP contribution is 2.20. The first-order valence-corrected chi connectivity index (χ1v) is 8.88. The van der Waals surface area contributed by atoms with Crippen LogP contribution in [0.5, 0.6) is 5.75 Å². The number of nitrogens with zero attached hydrogens (tertiary/aromatic N) is 2. The summed E-state index contributed by atoms with van der Waals surface area (Å²) in [7, 11) is 1.60. The maximum Gasteiger partial charge on any atom is 0.244 e. The number of nitrogens with two attached hydrogens (primary N) is 1. The second kappa shape index (κ2) is 8.85. The number of hydrogen-bond donors (Lipinski definition) is 2. The molecule has 0 aliphatic heterocycles. The lowest BCUT2D eigenvalue weighted by Crippen LogP contribution is -2.19. The van der Waals surface area contributed by atoms with E-state index in [4.69, 9.17) is 10.5 Å². The number of ether oxygens (including phenoxy) is 1. The summed E-state index contributed by atoms with van der Waals surface area (Å²) in [5.74, 6) is 0.188. The maximum atomic E-state index is 12.1. The molecule has 2 aromatic carbocycles. The van der Waals surface area contributed by atoms with Gasteiger partial charge in [0.25, 0.3) is 0 Å². The maximum absolute atomic E-state index is 12.1. The van der Waals surface area contributed by atoms with Crippen LogP contribution in [-0.2, 0) is 22.6 Å². The van der Waals surface area contributed by atoms with Crippen LogP contribution in [0.25, 0.3) is 10.9 Å². The Morgan fingerprint density at radius 1 is 1.18 bits per heavy atom. The molecule has 1 aromatic heterocycles. The number of benzene rings is 2. The number of primary amides is 1. The molecule has 1 heterocycles. The van der Waals surface area contributed by atoms with Gasteiger partial charge in [-0.05, 0) is 23.8 Å². The van der Waals surface area contributed by atoms with Crippen molar-refractivity contribution in [2.45, 2.75) is 19.4 Å². The second-order valence-corrected chi connectivity index (χ2v) is 6.33. The molecule has 0 saturated heterocycles. The van der Waals surface area contributed by atoms with Gasteiger partial charge in [-0.2, -0.15) is 5.10 Å². The molecule has 0 radical (unpaired) electrons. The number of aromatic nitrogens is 1. The highest BCUT2D eigenvalue weighted by Gasteiger charge is 2.08. The molecule has 0 bridgehead atoms. The lowest BCUT2D eigenvalue weighted by molar-refractivity contribution is -0.120. The zero-order valence-electron chi connectivity index (χ0n) is 15.6. The number of carbonyl (C=O) groups excluding carboxylic acids is 2. The topological polar surface area (TPSA) is 98.7 Å². The molecule has 7 nitrogen and oxygen atoms in total. The van der Waals surface area contributed by atoms with Crippen molar-refractivity contribution >= 4 is 28.9 Å². The van der Waals surface area contributed by atoms with E-state index in [0.29, 0.717) is 6.54 Å². The van der Waals surface area contributed by atoms with Crippen molar-refractivity contribution in [3.63, 3.8) is 0 Å². The third kappa shape index (κ3) is 4.76. The molecule has 3 N–H and O–H groups in total. The molecule has 0 unspecified atom stereocenters. The van der Waals surface area contributed by atoms with Gasteiger partial charge >= 0.3 is 0 Å². The number of carbonyl (C=O) groups is 2. The van der Waals surface area contributed by atoms with Crippen LogP contribution in [0, 0.1) is 0 Å². The molecule has 2 amide bonds. The van der Waals surface area contributed by atoms with Gasteiger partial charge in [0, 0.05) is 35.6 Å². The molecule has 28 heavy (non-hydrogen) atoms. The van der Waals surface area contributed by atoms with Crippen molar-refractivity contribution in [3.8, 4) is 5.75 Å². The molecule has 7 heteroatoms. The number of amides is 2. The van der Waals surface area contributed by atoms with Crippen LogP contribution in [0.15, 0.2) is 59.8 Å². The van der Waals surface area contributed by atoms with Crippen LogP contribution >= 0.6 is 0 Å². The molecular weight excluding hydrogens is 356 g/mol. The van der Waals surface area contributed by atoms with Gasteiger partial charge in [0.05, 0.1) is 19.7 Å². The molecule has 144 valence electrons. The van der Waals surface area contributed by atoms with Gasteiger partial charge in [-0.3, -0.25) is 9.59 Å². The molecule has 0 aliphatic carbocycles. The van der Waals surface area contributed by atoms with E-state index in [0.717, 1.165) is 27.8 Å². The average molecular weight is 378 g/mol. The Balaban J connectivity index is 1.67. The van der Waals surface area contributed by atoms with Crippen molar-refractivity contribution in [1.29, 1.82) is 0 Å². The van der Waals surface area contributed by atoms with E-state index in [-0.39, 0.29) is 24.7 Å². The molecule has 3 rings (SSSR count). The van der Waals surface area contributed by atoms with Crippen LogP contribution in [-0.4, -0.2) is 29.7 Å². The van der Waals surface area contributed by atoms with Crippen LogP contribution in [0.4, 0.5) is 0 Å². The summed E-state index contributed by atoms with van der Waals surface area (Å²) in [5, 5.41) is 5.06. The number of aryl methyl sites for hydroxylation is 1. The van der Waals surface area contributed by atoms with Crippen LogP contribution in [0.3, 0.4) is 0 Å². The Morgan fingerprint density at radius 2 is 1.93 bits per heavy atom. The normalized spacial score (nSPS) is 11.0. The number of methoxy groups -OCH3 is 1. The fraction of sp³-hybridized carbons (Fsp3) is 0.190. The van der Waals surface area contributed by atoms with E-state index in [1.165, 1.54) is 0 Å². The largest absolute Gasteiger partial charge is 0.497 e. The third-order valence-corrected chi connectivity index (χ3v) is 4.34. The van der Waals surface area contributed by atoms with Crippen LogP contribution < -0.4 is 15.9 Å². The molecule has 0 spiro atoms. The van der Waals surface area contributed by atoms with E-state index in [9.17, 15) is 9.59 Å². The lowest BCUT2D eigenvalue weighted by atomic mass is 10.1. The van der Waals surface area contributed by atoms with Gasteiger partial charge in [-0.15, -0.1) is 0 Å². The van der Waals surface area contributed by atoms with E-state index in [2.05, 4.69) is 10.5 Å². The Kier molecular flexibility index (Phi) is 6.06. The minimum absolute atomic E-state index is 0.209. The Labute approximate surface area is 162 Å². The number of nitrogens with one attached hydrogen (secondary N) is 1. The average Bonchev–Trinajstić information content (AvgIpc) is 3.05. The molecule has 0 fully saturated rings. The molecule has 3 aromatic rings. The third-order valence-electron chi connectivity index (χ3n) is 4.34. The predicted molar refractivity (Wildman–Crippen MR) is 108 cm³/mol. The van der Waals surface area contributed by atoms with Gasteiger partial charge in [0.2, 0.25) is 11.8 Å². The molecule has 0 saturated carbocycles. The smallest absolute Gasteiger partial charge is 0.244 e. The van der Waals surface area contributed by atoms with Gasteiger partial charge in [0.1, 0.15) is 5.75 Å². The minimum atomic E-state index is -0.348. The summed E-state index contributed by atoms with van der Waals surface area (Å²) in [5.41, 5.74) is 10.5. The summed E-state index contributed by atoms with van der Waals surface area (Å²) >= 11 is 0. The monoisotopic (exact) mass is 378 g/mol. The second-order valence-electron chi connectivity index (χ2n) is 6.33. The summed E-state index contributed by atoms with van der Waals surface area (Å²) in [6.45, 7) is 0.494. The summed E-state index contributed by atoms with van der Waals surface area (Å²) in [6, 6.07) is 15.1. The first-order chi connectivity index (χ1) is 13.6. The van der Waals surface area contributed by atoms with Crippen LogP contribution in [0.1, 0.15) is 17.5 Å². The number of para-hydroxylation sites is 1. The first kappa shape index (κ1) is 19.2. The number of hydrazone groups is 1. The SMILES string of the molecule is COc1ccc(CC(=O)N/N=C/c2cn(CCC(N)=O)c3ccccc23)cc1. The van der Waals surface area contributed by atoms with Crippen molar-refractivity contribution in [1.82, 2.24) is 9.99 Å². The van der Waals surface area contributed by atoms with Gasteiger partial charge in [-0.25, -0.2) is 5.43 Å². The number of hydrogen-bond acceptors (Lipinski definition) is 4. The Hall–Kier alpha value is -3.61. The van der Waals surface area contributed by atoms with Crippen molar-refractivity contribution in [2.75, 3.05) is 7.11 Å². The summed E-state index contributed by atoms with van der Waals surface area (Å²) in [4.78, 5) is 23.2. The zero-order chi connectivity index (χ0) is 19.9. The summed E-state index contributed by atoms with van der Waals surface area (Å²) in [6.07, 6.45) is 3.98. The minimum Gasteiger partial charge on any atom is -0.497 e. The number of rotatable bonds is 8. The van der Waals surface area contributed by atoms with Crippen molar-refractivity contribution in [3.05, 3.63) is 65.9 Å². The van der Waals surface area contributed by atoms with Gasteiger partial charge < -0.3 is 15.0 Å². The first-order valence-electron chi connectivity index (χ1n) is 8.88. The highest BCUT2D eigenvalue weighted by atomic mass is 16.5. The Bertz CT molecular complexity index is 1010. The highest BCUT2D eigenvalue weighted by molar-refractivity contribution is 5.99. The van der Waals surface area contributed by atoms with Crippen molar-refractivity contribution in [2.24, 2.45) is 10.8 Å². The molecule has 0 aliphatic rings. The van der Waals surface area contributed by atoms with E-state index < -0.39 is 0 Å². The predicted octanol–water partition coefficient (Wildman–Crippen LogP) is 2.22. The fourth-order valence-electron chi connectivity index (χ4n) is 2.94. The van der Waals surface area contributed by atoms with E-state index >= 15 is 0 Å². The standard InChI is InChI=1S/C21H22N4O3/c1-28-17-8-6-15(7-9-17)12-21(27)24-23-13-16-14-25(11-10-20(22)26)19-5-3-2-4-18(16)19/h2-9,13-14H,10-12H2,1H3,(H2,22,26)(H,24,27)/b23-13+.